The highest BCUT2D eigenvalue weighted by Gasteiger charge is 2.20. The van der Waals surface area contributed by atoms with Gasteiger partial charge in [0.25, 0.3) is 10.1 Å². The maximum atomic E-state index is 12.3. The second-order valence-electron chi connectivity index (χ2n) is 8.24. The molecule has 0 aromatic heterocycles. The molecule has 0 aliphatic rings. The Kier molecular flexibility index (Phi) is 16.3. The first-order valence-electron chi connectivity index (χ1n) is 12.8. The third-order valence-electron chi connectivity index (χ3n) is 5.49. The number of rotatable bonds is 16. The van der Waals surface area contributed by atoms with Gasteiger partial charge in [-0.1, -0.05) is 51.1 Å². The lowest BCUT2D eigenvalue weighted by molar-refractivity contribution is -0.148. The fourth-order valence-corrected chi connectivity index (χ4v) is 3.79. The zero-order valence-corrected chi connectivity index (χ0v) is 23.7. The van der Waals surface area contributed by atoms with Crippen molar-refractivity contribution >= 4 is 16.1 Å². The van der Waals surface area contributed by atoms with Crippen LogP contribution in [0.4, 0.5) is 0 Å². The molecule has 0 saturated carbocycles. The van der Waals surface area contributed by atoms with Crippen LogP contribution in [-0.2, 0) is 30.3 Å². The lowest BCUT2D eigenvalue weighted by atomic mass is 9.96. The molecule has 0 bridgehead atoms. The van der Waals surface area contributed by atoms with Crippen LogP contribution < -0.4 is 9.47 Å². The van der Waals surface area contributed by atoms with E-state index in [9.17, 15) is 13.2 Å². The first-order valence-corrected chi connectivity index (χ1v) is 14.7. The molecule has 0 N–H and O–H groups in total. The molecule has 0 fully saturated rings. The molecule has 1 atom stereocenters. The monoisotopic (exact) mass is 537 g/mol. The Morgan fingerprint density at radius 3 is 1.89 bits per heavy atom. The predicted molar refractivity (Wildman–Crippen MR) is 147 cm³/mol. The van der Waals surface area contributed by atoms with Crippen LogP contribution in [0.5, 0.6) is 11.5 Å². The van der Waals surface area contributed by atoms with Gasteiger partial charge in [-0.2, -0.15) is 8.42 Å². The van der Waals surface area contributed by atoms with Crippen LogP contribution in [0.25, 0.3) is 0 Å². The van der Waals surface area contributed by atoms with Crippen LogP contribution >= 0.6 is 0 Å². The molecule has 9 heteroatoms. The Morgan fingerprint density at radius 1 is 0.811 bits per heavy atom. The van der Waals surface area contributed by atoms with Crippen molar-refractivity contribution in [3.05, 3.63) is 60.2 Å². The van der Waals surface area contributed by atoms with Gasteiger partial charge in [0, 0.05) is 0 Å². The normalized spacial score (nSPS) is 11.8. The van der Waals surface area contributed by atoms with Gasteiger partial charge in [0.1, 0.15) is 24.7 Å². The minimum Gasteiger partial charge on any atom is -0.494 e. The first kappa shape index (κ1) is 32.4. The van der Waals surface area contributed by atoms with Crippen molar-refractivity contribution in [1.82, 2.24) is 4.90 Å². The van der Waals surface area contributed by atoms with E-state index in [1.54, 1.807) is 19.1 Å². The standard InChI is InChI=1S/C22H28O7S.C6H15N/c1-3-26-22(23)19(13-14-27-20-7-5-4-6-8-20)17-18-9-11-21(12-10-18)28-15-16-29-30(2,24)25;1-4-7(5-2)6-3/h4-12,19H,3,13-17H2,1-2H3;4-6H2,1-3H3. The highest BCUT2D eigenvalue weighted by atomic mass is 32.2. The van der Waals surface area contributed by atoms with Gasteiger partial charge < -0.3 is 19.1 Å². The maximum absolute atomic E-state index is 12.3. The molecule has 0 amide bonds. The van der Waals surface area contributed by atoms with Gasteiger partial charge in [-0.05, 0) is 69.2 Å². The van der Waals surface area contributed by atoms with Gasteiger partial charge >= 0.3 is 5.97 Å². The van der Waals surface area contributed by atoms with Crippen molar-refractivity contribution in [1.29, 1.82) is 0 Å². The Hall–Kier alpha value is -2.62. The second kappa shape index (κ2) is 18.6. The van der Waals surface area contributed by atoms with Crippen molar-refractivity contribution in [2.24, 2.45) is 5.92 Å². The van der Waals surface area contributed by atoms with E-state index in [-0.39, 0.29) is 25.1 Å². The topological polar surface area (TPSA) is 91.4 Å². The number of esters is 1. The lowest BCUT2D eigenvalue weighted by Gasteiger charge is -2.16. The molecule has 0 spiro atoms. The van der Waals surface area contributed by atoms with Gasteiger partial charge in [0.2, 0.25) is 0 Å². The molecule has 2 rings (SSSR count). The molecule has 1 unspecified atom stereocenters. The molecular weight excluding hydrogens is 494 g/mol. The van der Waals surface area contributed by atoms with E-state index in [2.05, 4.69) is 29.9 Å². The molecule has 37 heavy (non-hydrogen) atoms. The van der Waals surface area contributed by atoms with E-state index >= 15 is 0 Å². The van der Waals surface area contributed by atoms with Crippen LogP contribution in [0, 0.1) is 5.92 Å². The van der Waals surface area contributed by atoms with Gasteiger partial charge in [-0.15, -0.1) is 0 Å². The Labute approximate surface area is 223 Å². The zero-order chi connectivity index (χ0) is 27.5. The smallest absolute Gasteiger partial charge is 0.309 e. The number of hydrogen-bond donors (Lipinski definition) is 0. The van der Waals surface area contributed by atoms with E-state index in [4.69, 9.17) is 14.2 Å². The van der Waals surface area contributed by atoms with Gasteiger partial charge in [0.15, 0.2) is 0 Å². The van der Waals surface area contributed by atoms with Crippen molar-refractivity contribution < 1.29 is 31.6 Å². The van der Waals surface area contributed by atoms with E-state index in [0.717, 1.165) is 17.6 Å². The van der Waals surface area contributed by atoms with Crippen molar-refractivity contribution in [2.45, 2.75) is 40.5 Å². The van der Waals surface area contributed by atoms with Gasteiger partial charge in [0.05, 0.1) is 25.4 Å². The third kappa shape index (κ3) is 15.3. The average molecular weight is 538 g/mol. The summed E-state index contributed by atoms with van der Waals surface area (Å²) in [5, 5.41) is 0. The van der Waals surface area contributed by atoms with Gasteiger partial charge in [-0.25, -0.2) is 0 Å². The third-order valence-corrected chi connectivity index (χ3v) is 6.09. The van der Waals surface area contributed by atoms with E-state index in [1.807, 2.05) is 42.5 Å². The van der Waals surface area contributed by atoms with Crippen LogP contribution in [0.1, 0.15) is 39.7 Å². The molecule has 0 heterocycles. The van der Waals surface area contributed by atoms with Crippen LogP contribution in [0.3, 0.4) is 0 Å². The number of hydrogen-bond acceptors (Lipinski definition) is 8. The highest BCUT2D eigenvalue weighted by molar-refractivity contribution is 7.85. The molecule has 8 nitrogen and oxygen atoms in total. The van der Waals surface area contributed by atoms with Crippen molar-refractivity contribution in [3.63, 3.8) is 0 Å². The molecule has 2 aromatic carbocycles. The maximum Gasteiger partial charge on any atom is 0.309 e. The summed E-state index contributed by atoms with van der Waals surface area (Å²) in [5.74, 6) is 0.799. The summed E-state index contributed by atoms with van der Waals surface area (Å²) >= 11 is 0. The lowest BCUT2D eigenvalue weighted by Crippen LogP contribution is -2.22. The van der Waals surface area contributed by atoms with Gasteiger partial charge in [-0.3, -0.25) is 8.98 Å². The summed E-state index contributed by atoms with van der Waals surface area (Å²) in [5.41, 5.74) is 0.965. The first-order chi connectivity index (χ1) is 17.7. The fourth-order valence-electron chi connectivity index (χ4n) is 3.42. The summed E-state index contributed by atoms with van der Waals surface area (Å²) in [7, 11) is -3.47. The Balaban J connectivity index is 0.000000856. The van der Waals surface area contributed by atoms with Crippen molar-refractivity contribution in [2.75, 3.05) is 52.3 Å². The summed E-state index contributed by atoms with van der Waals surface area (Å²) in [6, 6.07) is 16.8. The quantitative estimate of drug-likeness (QED) is 0.175. The average Bonchev–Trinajstić information content (AvgIpc) is 2.88. The Bertz CT molecular complexity index is 956. The number of benzene rings is 2. The highest BCUT2D eigenvalue weighted by Crippen LogP contribution is 2.19. The number of nitrogens with zero attached hydrogens (tertiary/aromatic N) is 1. The molecule has 0 aliphatic carbocycles. The SMILES string of the molecule is CCN(CC)CC.CCOC(=O)C(CCOc1ccccc1)Cc1ccc(OCCOS(C)(=O)=O)cc1. The summed E-state index contributed by atoms with van der Waals surface area (Å²) < 4.78 is 42.9. The van der Waals surface area contributed by atoms with E-state index in [0.29, 0.717) is 31.8 Å². The van der Waals surface area contributed by atoms with Crippen LogP contribution in [-0.4, -0.2) is 71.6 Å². The number of carbonyl (C=O) groups excluding carboxylic acids is 1. The largest absolute Gasteiger partial charge is 0.494 e. The molecular formula is C28H43NO7S. The summed E-state index contributed by atoms with van der Waals surface area (Å²) in [6.07, 6.45) is 2.05. The number of para-hydroxylation sites is 1. The molecule has 0 radical (unpaired) electrons. The minimum atomic E-state index is -3.47. The van der Waals surface area contributed by atoms with Crippen molar-refractivity contribution in [3.8, 4) is 11.5 Å². The summed E-state index contributed by atoms with van der Waals surface area (Å²) in [4.78, 5) is 14.7. The van der Waals surface area contributed by atoms with E-state index in [1.165, 1.54) is 19.6 Å². The number of carbonyl (C=O) groups is 1. The van der Waals surface area contributed by atoms with E-state index < -0.39 is 10.1 Å². The molecule has 2 aromatic rings. The molecule has 0 aliphatic heterocycles. The minimum absolute atomic E-state index is 0.0487. The van der Waals surface area contributed by atoms with Crippen LogP contribution in [0.15, 0.2) is 54.6 Å². The summed E-state index contributed by atoms with van der Waals surface area (Å²) in [6.45, 7) is 12.7. The van der Waals surface area contributed by atoms with Crippen LogP contribution in [0.2, 0.25) is 0 Å². The fraction of sp³-hybridized carbons (Fsp3) is 0.536. The molecule has 0 saturated heterocycles. The Morgan fingerprint density at radius 2 is 1.38 bits per heavy atom. The second-order valence-corrected chi connectivity index (χ2v) is 9.89. The molecule has 208 valence electrons. The zero-order valence-electron chi connectivity index (χ0n) is 22.9. The number of ether oxygens (including phenoxy) is 3. The predicted octanol–water partition coefficient (Wildman–Crippen LogP) is 4.58.